The number of imidazole rings is 1. The van der Waals surface area contributed by atoms with Gasteiger partial charge in [-0.2, -0.15) is 0 Å². The monoisotopic (exact) mass is 317 g/mol. The predicted molar refractivity (Wildman–Crippen MR) is 90.5 cm³/mol. The van der Waals surface area contributed by atoms with Crippen LogP contribution in [0.3, 0.4) is 0 Å². The van der Waals surface area contributed by atoms with Gasteiger partial charge in [0.05, 0.1) is 6.54 Å². The zero-order valence-electron chi connectivity index (χ0n) is 13.9. The van der Waals surface area contributed by atoms with E-state index in [1.807, 2.05) is 12.4 Å². The second kappa shape index (κ2) is 8.31. The van der Waals surface area contributed by atoms with E-state index in [1.165, 1.54) is 12.1 Å². The van der Waals surface area contributed by atoms with Crippen LogP contribution < -0.4 is 10.6 Å². The van der Waals surface area contributed by atoms with Gasteiger partial charge in [0.1, 0.15) is 11.6 Å². The van der Waals surface area contributed by atoms with Crippen molar-refractivity contribution >= 4 is 5.96 Å². The molecule has 0 unspecified atom stereocenters. The number of nitrogens with one attached hydrogen (secondary N) is 2. The molecule has 2 N–H and O–H groups in total. The van der Waals surface area contributed by atoms with Crippen LogP contribution in [0.4, 0.5) is 4.39 Å². The fourth-order valence-electron chi connectivity index (χ4n) is 2.24. The maximum atomic E-state index is 12.9. The molecule has 0 amide bonds. The molecule has 23 heavy (non-hydrogen) atoms. The molecule has 0 spiro atoms. The summed E-state index contributed by atoms with van der Waals surface area (Å²) in [6.45, 7) is 6.49. The fourth-order valence-corrected chi connectivity index (χ4v) is 2.24. The van der Waals surface area contributed by atoms with E-state index in [2.05, 4.69) is 39.0 Å². The number of hydrogen-bond donors (Lipinski definition) is 2. The van der Waals surface area contributed by atoms with Crippen molar-refractivity contribution in [2.45, 2.75) is 33.5 Å². The summed E-state index contributed by atoms with van der Waals surface area (Å²) in [5.74, 6) is 2.00. The first-order valence-corrected chi connectivity index (χ1v) is 7.77. The summed E-state index contributed by atoms with van der Waals surface area (Å²) in [6, 6.07) is 6.42. The highest BCUT2D eigenvalue weighted by atomic mass is 19.1. The third-order valence-corrected chi connectivity index (χ3v) is 3.37. The van der Waals surface area contributed by atoms with Gasteiger partial charge in [-0.25, -0.2) is 9.37 Å². The van der Waals surface area contributed by atoms with E-state index in [1.54, 1.807) is 19.2 Å². The molecule has 6 heteroatoms. The summed E-state index contributed by atoms with van der Waals surface area (Å²) >= 11 is 0. The zero-order valence-corrected chi connectivity index (χ0v) is 13.9. The van der Waals surface area contributed by atoms with Crippen LogP contribution >= 0.6 is 0 Å². The third kappa shape index (κ3) is 5.39. The van der Waals surface area contributed by atoms with Crippen LogP contribution in [0.2, 0.25) is 0 Å². The standard InChI is InChI=1S/C17H24FN5/c1-13(2)12-23-9-8-20-16(23)11-22-17(19-3)21-10-14-4-6-15(18)7-5-14/h4-9,13H,10-12H2,1-3H3,(H2,19,21,22). The maximum absolute atomic E-state index is 12.9. The Kier molecular flexibility index (Phi) is 6.14. The Labute approximate surface area is 136 Å². The van der Waals surface area contributed by atoms with Gasteiger partial charge in [0.15, 0.2) is 5.96 Å². The molecular formula is C17H24FN5. The number of hydrogen-bond acceptors (Lipinski definition) is 2. The maximum Gasteiger partial charge on any atom is 0.191 e. The Morgan fingerprint density at radius 3 is 2.57 bits per heavy atom. The van der Waals surface area contributed by atoms with Gasteiger partial charge in [0.2, 0.25) is 0 Å². The van der Waals surface area contributed by atoms with Crippen LogP contribution in [0.25, 0.3) is 0 Å². The first-order chi connectivity index (χ1) is 11.1. The Hall–Kier alpha value is -2.37. The van der Waals surface area contributed by atoms with Gasteiger partial charge in [0, 0.05) is 32.5 Å². The second-order valence-electron chi connectivity index (χ2n) is 5.80. The van der Waals surface area contributed by atoms with E-state index in [9.17, 15) is 4.39 Å². The fraction of sp³-hybridized carbons (Fsp3) is 0.412. The van der Waals surface area contributed by atoms with Crippen LogP contribution in [0, 0.1) is 11.7 Å². The molecule has 5 nitrogen and oxygen atoms in total. The van der Waals surface area contributed by atoms with Gasteiger partial charge >= 0.3 is 0 Å². The highest BCUT2D eigenvalue weighted by molar-refractivity contribution is 5.79. The summed E-state index contributed by atoms with van der Waals surface area (Å²) in [5, 5.41) is 6.46. The molecule has 0 aliphatic carbocycles. The van der Waals surface area contributed by atoms with Crippen LogP contribution in [0.15, 0.2) is 41.7 Å². The number of rotatable bonds is 6. The highest BCUT2D eigenvalue weighted by Gasteiger charge is 2.06. The molecule has 0 fully saturated rings. The zero-order chi connectivity index (χ0) is 16.7. The molecule has 0 aliphatic rings. The van der Waals surface area contributed by atoms with Gasteiger partial charge < -0.3 is 15.2 Å². The van der Waals surface area contributed by atoms with Crippen LogP contribution in [-0.4, -0.2) is 22.6 Å². The number of halogens is 1. The molecule has 1 aromatic heterocycles. The third-order valence-electron chi connectivity index (χ3n) is 3.37. The van der Waals surface area contributed by atoms with Crippen molar-refractivity contribution < 1.29 is 4.39 Å². The molecule has 0 radical (unpaired) electrons. The van der Waals surface area contributed by atoms with E-state index < -0.39 is 0 Å². The molecule has 0 aliphatic heterocycles. The molecule has 2 aromatic rings. The molecule has 0 saturated heterocycles. The largest absolute Gasteiger partial charge is 0.352 e. The lowest BCUT2D eigenvalue weighted by atomic mass is 10.2. The second-order valence-corrected chi connectivity index (χ2v) is 5.80. The summed E-state index contributed by atoms with van der Waals surface area (Å²) in [6.07, 6.45) is 3.81. The molecule has 1 aromatic carbocycles. The smallest absolute Gasteiger partial charge is 0.191 e. The van der Waals surface area contributed by atoms with Crippen LogP contribution in [-0.2, 0) is 19.6 Å². The Balaban J connectivity index is 1.86. The van der Waals surface area contributed by atoms with Crippen molar-refractivity contribution in [3.63, 3.8) is 0 Å². The summed E-state index contributed by atoms with van der Waals surface area (Å²) < 4.78 is 15.0. The van der Waals surface area contributed by atoms with E-state index in [0.717, 1.165) is 17.9 Å². The minimum absolute atomic E-state index is 0.228. The molecular weight excluding hydrogens is 293 g/mol. The first kappa shape index (κ1) is 17.0. The van der Waals surface area contributed by atoms with E-state index in [0.29, 0.717) is 25.0 Å². The van der Waals surface area contributed by atoms with Gasteiger partial charge in [-0.1, -0.05) is 26.0 Å². The lowest BCUT2D eigenvalue weighted by Crippen LogP contribution is -2.37. The number of aliphatic imine (C=N–C) groups is 1. The molecule has 1 heterocycles. The van der Waals surface area contributed by atoms with Gasteiger partial charge in [-0.05, 0) is 23.6 Å². The Morgan fingerprint density at radius 2 is 1.91 bits per heavy atom. The molecule has 0 bridgehead atoms. The number of aromatic nitrogens is 2. The lowest BCUT2D eigenvalue weighted by Gasteiger charge is -2.14. The predicted octanol–water partition coefficient (Wildman–Crippen LogP) is 2.54. The van der Waals surface area contributed by atoms with Gasteiger partial charge in [0.25, 0.3) is 0 Å². The number of nitrogens with zero attached hydrogens (tertiary/aromatic N) is 3. The van der Waals surface area contributed by atoms with Crippen molar-refractivity contribution in [2.75, 3.05) is 7.05 Å². The van der Waals surface area contributed by atoms with Crippen LogP contribution in [0.5, 0.6) is 0 Å². The first-order valence-electron chi connectivity index (χ1n) is 7.77. The van der Waals surface area contributed by atoms with Crippen molar-refractivity contribution in [1.82, 2.24) is 20.2 Å². The quantitative estimate of drug-likeness (QED) is 0.636. The molecule has 0 saturated carbocycles. The minimum atomic E-state index is -0.228. The number of benzene rings is 1. The van der Waals surface area contributed by atoms with Crippen molar-refractivity contribution in [3.05, 3.63) is 53.9 Å². The van der Waals surface area contributed by atoms with Crippen molar-refractivity contribution in [3.8, 4) is 0 Å². The summed E-state index contributed by atoms with van der Waals surface area (Å²) in [7, 11) is 1.72. The Bertz CT molecular complexity index is 631. The molecule has 0 atom stereocenters. The van der Waals surface area contributed by atoms with E-state index >= 15 is 0 Å². The lowest BCUT2D eigenvalue weighted by molar-refractivity contribution is 0.503. The average Bonchev–Trinajstić information content (AvgIpc) is 2.95. The normalized spacial score (nSPS) is 11.8. The van der Waals surface area contributed by atoms with E-state index in [4.69, 9.17) is 0 Å². The number of guanidine groups is 1. The van der Waals surface area contributed by atoms with Gasteiger partial charge in [-0.15, -0.1) is 0 Å². The SMILES string of the molecule is CN=C(NCc1ccc(F)cc1)NCc1nccn1CC(C)C. The minimum Gasteiger partial charge on any atom is -0.352 e. The van der Waals surface area contributed by atoms with Crippen LogP contribution in [0.1, 0.15) is 25.2 Å². The summed E-state index contributed by atoms with van der Waals surface area (Å²) in [5.41, 5.74) is 0.996. The average molecular weight is 317 g/mol. The topological polar surface area (TPSA) is 54.2 Å². The highest BCUT2D eigenvalue weighted by Crippen LogP contribution is 2.04. The molecule has 124 valence electrons. The molecule has 2 rings (SSSR count). The van der Waals surface area contributed by atoms with E-state index in [-0.39, 0.29) is 5.82 Å². The summed E-state index contributed by atoms with van der Waals surface area (Å²) in [4.78, 5) is 8.57. The Morgan fingerprint density at radius 1 is 1.22 bits per heavy atom. The van der Waals surface area contributed by atoms with Crippen molar-refractivity contribution in [2.24, 2.45) is 10.9 Å². The van der Waals surface area contributed by atoms with Crippen molar-refractivity contribution in [1.29, 1.82) is 0 Å². The van der Waals surface area contributed by atoms with Gasteiger partial charge in [-0.3, -0.25) is 4.99 Å².